The molecule has 3 rings (SSSR count). The summed E-state index contributed by atoms with van der Waals surface area (Å²) in [6.07, 6.45) is 4.03. The Kier molecular flexibility index (Phi) is 6.48. The molecular formula is C24H30N4S. The molecule has 0 fully saturated rings. The van der Waals surface area contributed by atoms with Crippen molar-refractivity contribution in [1.29, 1.82) is 5.41 Å². The molecule has 3 aromatic heterocycles. The summed E-state index contributed by atoms with van der Waals surface area (Å²) in [6.45, 7) is 12.5. The van der Waals surface area contributed by atoms with Crippen LogP contribution in [0, 0.1) is 32.1 Å². The third-order valence-corrected chi connectivity index (χ3v) is 6.50. The van der Waals surface area contributed by atoms with Gasteiger partial charge < -0.3 is 10.4 Å². The van der Waals surface area contributed by atoms with E-state index < -0.39 is 0 Å². The van der Waals surface area contributed by atoms with Crippen LogP contribution in [0.1, 0.15) is 56.4 Å². The average molecular weight is 407 g/mol. The van der Waals surface area contributed by atoms with Crippen molar-refractivity contribution in [2.75, 3.05) is 0 Å². The standard InChI is InChI=1S/C24H30N4S/c1-7-18(8-2)19(13-15(4)25)24-27-17(6)22(28-24)23-14(3)12-21(29-23)20-11-9-10-16(5)26-20/h9-13,18,25H,7-8H2,1-6H3,(H,27,28)/b19-13-,25-15?. The van der Waals surface area contributed by atoms with Gasteiger partial charge in [-0.25, -0.2) is 4.98 Å². The molecule has 4 nitrogen and oxygen atoms in total. The zero-order valence-electron chi connectivity index (χ0n) is 18.2. The zero-order chi connectivity index (χ0) is 21.1. The average Bonchev–Trinajstić information content (AvgIpc) is 3.24. The molecule has 5 heteroatoms. The van der Waals surface area contributed by atoms with Gasteiger partial charge in [-0.05, 0) is 81.9 Å². The highest BCUT2D eigenvalue weighted by Crippen LogP contribution is 2.39. The number of pyridine rings is 1. The Balaban J connectivity index is 2.06. The normalized spacial score (nSPS) is 12.0. The minimum atomic E-state index is 0.394. The van der Waals surface area contributed by atoms with Gasteiger partial charge in [0.2, 0.25) is 0 Å². The molecule has 29 heavy (non-hydrogen) atoms. The van der Waals surface area contributed by atoms with Crippen molar-refractivity contribution < 1.29 is 0 Å². The summed E-state index contributed by atoms with van der Waals surface area (Å²) >= 11 is 1.74. The first-order valence-corrected chi connectivity index (χ1v) is 11.0. The fourth-order valence-corrected chi connectivity index (χ4v) is 4.87. The Morgan fingerprint density at radius 2 is 1.90 bits per heavy atom. The molecule has 0 aliphatic heterocycles. The van der Waals surface area contributed by atoms with Crippen LogP contribution in [0.3, 0.4) is 0 Å². The van der Waals surface area contributed by atoms with Crippen LogP contribution in [0.25, 0.3) is 26.7 Å². The predicted octanol–water partition coefficient (Wildman–Crippen LogP) is 6.98. The molecule has 0 aromatic carbocycles. The van der Waals surface area contributed by atoms with Crippen molar-refractivity contribution in [2.45, 2.75) is 54.4 Å². The van der Waals surface area contributed by atoms with Gasteiger partial charge in [0.05, 0.1) is 15.4 Å². The Morgan fingerprint density at radius 1 is 1.17 bits per heavy atom. The summed E-state index contributed by atoms with van der Waals surface area (Å²) in [5.74, 6) is 1.28. The summed E-state index contributed by atoms with van der Waals surface area (Å²) in [7, 11) is 0. The highest BCUT2D eigenvalue weighted by atomic mass is 32.1. The fourth-order valence-electron chi connectivity index (χ4n) is 3.68. The number of hydrogen-bond acceptors (Lipinski definition) is 4. The van der Waals surface area contributed by atoms with Crippen molar-refractivity contribution in [3.63, 3.8) is 0 Å². The van der Waals surface area contributed by atoms with E-state index in [0.29, 0.717) is 11.6 Å². The maximum Gasteiger partial charge on any atom is 0.134 e. The van der Waals surface area contributed by atoms with E-state index in [1.54, 1.807) is 11.3 Å². The Hall–Kier alpha value is -2.53. The highest BCUT2D eigenvalue weighted by Gasteiger charge is 2.20. The van der Waals surface area contributed by atoms with Crippen LogP contribution in [0.2, 0.25) is 0 Å². The van der Waals surface area contributed by atoms with Crippen LogP contribution in [-0.4, -0.2) is 20.7 Å². The summed E-state index contributed by atoms with van der Waals surface area (Å²) < 4.78 is 0. The number of aromatic nitrogens is 3. The Bertz CT molecular complexity index is 1050. The van der Waals surface area contributed by atoms with Crippen LogP contribution < -0.4 is 0 Å². The van der Waals surface area contributed by atoms with E-state index in [9.17, 15) is 0 Å². The number of hydrogen-bond donors (Lipinski definition) is 2. The lowest BCUT2D eigenvalue weighted by atomic mass is 9.92. The van der Waals surface area contributed by atoms with Crippen LogP contribution in [0.15, 0.2) is 30.3 Å². The van der Waals surface area contributed by atoms with Crippen molar-refractivity contribution >= 4 is 22.6 Å². The summed E-state index contributed by atoms with van der Waals surface area (Å²) in [5, 5.41) is 7.97. The van der Waals surface area contributed by atoms with E-state index in [1.807, 2.05) is 26.0 Å². The van der Waals surface area contributed by atoms with Gasteiger partial charge in [-0.1, -0.05) is 19.9 Å². The lowest BCUT2D eigenvalue weighted by molar-refractivity contribution is 0.620. The van der Waals surface area contributed by atoms with Gasteiger partial charge in [0.1, 0.15) is 11.5 Å². The number of thiophene rings is 1. The first-order valence-electron chi connectivity index (χ1n) is 10.2. The van der Waals surface area contributed by atoms with Gasteiger partial charge in [0, 0.05) is 17.1 Å². The second-order valence-electron chi connectivity index (χ2n) is 7.64. The molecule has 3 aromatic rings. The molecule has 3 heterocycles. The third-order valence-electron chi connectivity index (χ3n) is 5.23. The molecule has 0 saturated carbocycles. The number of aromatic amines is 1. The summed E-state index contributed by atoms with van der Waals surface area (Å²) in [6, 6.07) is 8.34. The topological polar surface area (TPSA) is 65.4 Å². The molecule has 0 aliphatic carbocycles. The van der Waals surface area contributed by atoms with Crippen molar-refractivity contribution in [3.05, 3.63) is 53.1 Å². The Labute approximate surface area is 177 Å². The quantitative estimate of drug-likeness (QED) is 0.415. The van der Waals surface area contributed by atoms with Crippen LogP contribution in [0.5, 0.6) is 0 Å². The highest BCUT2D eigenvalue weighted by molar-refractivity contribution is 7.19. The number of aryl methyl sites for hydroxylation is 3. The van der Waals surface area contributed by atoms with Gasteiger partial charge >= 0.3 is 0 Å². The van der Waals surface area contributed by atoms with Crippen LogP contribution in [-0.2, 0) is 0 Å². The molecule has 0 atom stereocenters. The molecule has 0 bridgehead atoms. The maximum absolute atomic E-state index is 7.97. The van der Waals surface area contributed by atoms with Crippen molar-refractivity contribution in [1.82, 2.24) is 15.0 Å². The summed E-state index contributed by atoms with van der Waals surface area (Å²) in [4.78, 5) is 15.5. The van der Waals surface area contributed by atoms with E-state index in [4.69, 9.17) is 10.4 Å². The maximum atomic E-state index is 7.97. The Morgan fingerprint density at radius 3 is 2.52 bits per heavy atom. The number of imidazole rings is 1. The van der Waals surface area contributed by atoms with Crippen LogP contribution in [0.4, 0.5) is 0 Å². The molecule has 152 valence electrons. The van der Waals surface area contributed by atoms with Gasteiger partial charge in [0.25, 0.3) is 0 Å². The van der Waals surface area contributed by atoms with Gasteiger partial charge in [-0.2, -0.15) is 0 Å². The lowest BCUT2D eigenvalue weighted by Crippen LogP contribution is -2.04. The molecular weight excluding hydrogens is 376 g/mol. The van der Waals surface area contributed by atoms with Crippen molar-refractivity contribution in [3.8, 4) is 21.1 Å². The molecule has 0 unspecified atom stereocenters. The van der Waals surface area contributed by atoms with Gasteiger partial charge in [0.15, 0.2) is 0 Å². The molecule has 0 radical (unpaired) electrons. The predicted molar refractivity (Wildman–Crippen MR) is 125 cm³/mol. The first-order chi connectivity index (χ1) is 13.8. The molecule has 0 saturated heterocycles. The van der Waals surface area contributed by atoms with E-state index >= 15 is 0 Å². The number of H-pyrrole nitrogens is 1. The number of allylic oxidation sites excluding steroid dienone is 2. The largest absolute Gasteiger partial charge is 0.342 e. The second-order valence-corrected chi connectivity index (χ2v) is 8.69. The second kappa shape index (κ2) is 8.87. The monoisotopic (exact) mass is 406 g/mol. The smallest absolute Gasteiger partial charge is 0.134 e. The number of rotatable bonds is 7. The molecule has 0 amide bonds. The summed E-state index contributed by atoms with van der Waals surface area (Å²) in [5.41, 5.74) is 7.00. The number of nitrogens with zero attached hydrogens (tertiary/aromatic N) is 2. The van der Waals surface area contributed by atoms with Crippen molar-refractivity contribution in [2.24, 2.45) is 5.92 Å². The fraction of sp³-hybridized carbons (Fsp3) is 0.375. The number of nitrogens with one attached hydrogen (secondary N) is 2. The SMILES string of the molecule is CCC(CC)/C(=C/C(C)=N)c1nc(-c2sc(-c3cccc(C)n3)cc2C)c(C)[nH]1. The molecule has 0 spiro atoms. The first kappa shape index (κ1) is 21.2. The van der Waals surface area contributed by atoms with Crippen LogP contribution >= 0.6 is 11.3 Å². The third kappa shape index (κ3) is 4.56. The van der Waals surface area contributed by atoms with E-state index in [1.165, 1.54) is 10.4 Å². The lowest BCUT2D eigenvalue weighted by Gasteiger charge is -2.15. The van der Waals surface area contributed by atoms with E-state index in [2.05, 4.69) is 55.9 Å². The van der Waals surface area contributed by atoms with Gasteiger partial charge in [-0.3, -0.25) is 4.98 Å². The zero-order valence-corrected chi connectivity index (χ0v) is 19.0. The van der Waals surface area contributed by atoms with Gasteiger partial charge in [-0.15, -0.1) is 11.3 Å². The molecule has 2 N–H and O–H groups in total. The minimum absolute atomic E-state index is 0.394. The molecule has 0 aliphatic rings. The minimum Gasteiger partial charge on any atom is -0.342 e. The van der Waals surface area contributed by atoms with E-state index in [0.717, 1.165) is 51.9 Å². The van der Waals surface area contributed by atoms with E-state index in [-0.39, 0.29) is 0 Å².